The molecule has 1 fully saturated rings. The van der Waals surface area contributed by atoms with Crippen molar-refractivity contribution in [3.63, 3.8) is 0 Å². The molecule has 2 atom stereocenters. The Morgan fingerprint density at radius 1 is 1.50 bits per heavy atom. The minimum Gasteiger partial charge on any atom is -0.341 e. The molecule has 0 N–H and O–H groups in total. The molecule has 0 spiro atoms. The van der Waals surface area contributed by atoms with Crippen LogP contribution >= 0.6 is 12.6 Å². The Balaban J connectivity index is 2.04. The third kappa shape index (κ3) is 2.40. The summed E-state index contributed by atoms with van der Waals surface area (Å²) in [6.07, 6.45) is 1.25. The summed E-state index contributed by atoms with van der Waals surface area (Å²) in [7, 11) is 1.87. The van der Waals surface area contributed by atoms with Crippen molar-refractivity contribution in [2.24, 2.45) is 11.8 Å². The van der Waals surface area contributed by atoms with Gasteiger partial charge in [-0.3, -0.25) is 4.79 Å². The average molecular weight is 235 g/mol. The zero-order valence-electron chi connectivity index (χ0n) is 9.68. The fourth-order valence-electron chi connectivity index (χ4n) is 1.95. The van der Waals surface area contributed by atoms with Gasteiger partial charge in [0.2, 0.25) is 0 Å². The fourth-order valence-corrected chi connectivity index (χ4v) is 2.20. The SMILES string of the molecule is CC1CC1CN(C)C(=O)c1ccccc1S. The quantitative estimate of drug-likeness (QED) is 0.799. The van der Waals surface area contributed by atoms with Crippen LogP contribution in [0.3, 0.4) is 0 Å². The predicted octanol–water partition coefficient (Wildman–Crippen LogP) is 2.70. The minimum absolute atomic E-state index is 0.0738. The highest BCUT2D eigenvalue weighted by Gasteiger charge is 2.34. The van der Waals surface area contributed by atoms with Crippen molar-refractivity contribution in [1.29, 1.82) is 0 Å². The van der Waals surface area contributed by atoms with E-state index in [1.54, 1.807) is 0 Å². The Morgan fingerprint density at radius 3 is 2.69 bits per heavy atom. The lowest BCUT2D eigenvalue weighted by atomic mass is 10.2. The first-order valence-electron chi connectivity index (χ1n) is 5.63. The van der Waals surface area contributed by atoms with E-state index in [4.69, 9.17) is 0 Å². The topological polar surface area (TPSA) is 20.3 Å². The molecule has 0 aliphatic heterocycles. The van der Waals surface area contributed by atoms with Crippen LogP contribution in [0.4, 0.5) is 0 Å². The van der Waals surface area contributed by atoms with Gasteiger partial charge in [-0.1, -0.05) is 19.1 Å². The molecule has 0 heterocycles. The maximum absolute atomic E-state index is 12.1. The average Bonchev–Trinajstić information content (AvgIpc) is 2.94. The number of nitrogens with zero attached hydrogens (tertiary/aromatic N) is 1. The molecule has 1 aromatic rings. The number of carbonyl (C=O) groups is 1. The van der Waals surface area contributed by atoms with Gasteiger partial charge in [-0.2, -0.15) is 0 Å². The van der Waals surface area contributed by atoms with E-state index in [-0.39, 0.29) is 5.91 Å². The molecule has 1 amide bonds. The summed E-state index contributed by atoms with van der Waals surface area (Å²) in [5.74, 6) is 1.55. The van der Waals surface area contributed by atoms with Crippen molar-refractivity contribution in [1.82, 2.24) is 4.90 Å². The van der Waals surface area contributed by atoms with Gasteiger partial charge in [-0.05, 0) is 30.4 Å². The van der Waals surface area contributed by atoms with Crippen molar-refractivity contribution < 1.29 is 4.79 Å². The van der Waals surface area contributed by atoms with Crippen LogP contribution in [0.15, 0.2) is 29.2 Å². The number of rotatable bonds is 3. The standard InChI is InChI=1S/C13H17NOS/c1-9-7-10(9)8-14(2)13(15)11-5-3-4-6-12(11)16/h3-6,9-10,16H,7-8H2,1-2H3. The Bertz CT molecular complexity index is 405. The van der Waals surface area contributed by atoms with Gasteiger partial charge in [0.1, 0.15) is 0 Å². The summed E-state index contributed by atoms with van der Waals surface area (Å²) in [6, 6.07) is 7.45. The van der Waals surface area contributed by atoms with E-state index in [2.05, 4.69) is 19.6 Å². The maximum atomic E-state index is 12.1. The first kappa shape index (κ1) is 11.5. The molecule has 1 aliphatic rings. The van der Waals surface area contributed by atoms with Gasteiger partial charge in [0.15, 0.2) is 0 Å². The van der Waals surface area contributed by atoms with Crippen LogP contribution in [0.5, 0.6) is 0 Å². The molecule has 1 aliphatic carbocycles. The highest BCUT2D eigenvalue weighted by Crippen LogP contribution is 2.38. The Kier molecular flexibility index (Phi) is 3.24. The lowest BCUT2D eigenvalue weighted by Crippen LogP contribution is -2.29. The van der Waals surface area contributed by atoms with Crippen LogP contribution in [-0.2, 0) is 0 Å². The molecule has 3 heteroatoms. The zero-order chi connectivity index (χ0) is 11.7. The van der Waals surface area contributed by atoms with E-state index in [9.17, 15) is 4.79 Å². The van der Waals surface area contributed by atoms with Gasteiger partial charge < -0.3 is 4.90 Å². The monoisotopic (exact) mass is 235 g/mol. The summed E-state index contributed by atoms with van der Waals surface area (Å²) in [5.41, 5.74) is 0.696. The number of amides is 1. The molecule has 1 saturated carbocycles. The summed E-state index contributed by atoms with van der Waals surface area (Å²) in [6.45, 7) is 3.09. The minimum atomic E-state index is 0.0738. The normalized spacial score (nSPS) is 22.9. The molecule has 0 aromatic heterocycles. The van der Waals surface area contributed by atoms with E-state index in [1.165, 1.54) is 6.42 Å². The Hall–Kier alpha value is -0.960. The van der Waals surface area contributed by atoms with Gasteiger partial charge in [0.05, 0.1) is 5.56 Å². The maximum Gasteiger partial charge on any atom is 0.254 e. The summed E-state index contributed by atoms with van der Waals surface area (Å²) in [5, 5.41) is 0. The largest absolute Gasteiger partial charge is 0.341 e. The van der Waals surface area contributed by atoms with E-state index in [0.717, 1.165) is 17.4 Å². The molecule has 0 saturated heterocycles. The number of hydrogen-bond donors (Lipinski definition) is 1. The van der Waals surface area contributed by atoms with Crippen molar-refractivity contribution in [3.8, 4) is 0 Å². The number of carbonyl (C=O) groups excluding carboxylic acids is 1. The van der Waals surface area contributed by atoms with Gasteiger partial charge in [-0.15, -0.1) is 12.6 Å². The predicted molar refractivity (Wildman–Crippen MR) is 67.9 cm³/mol. The first-order chi connectivity index (χ1) is 7.59. The molecule has 2 nitrogen and oxygen atoms in total. The van der Waals surface area contributed by atoms with E-state index < -0.39 is 0 Å². The van der Waals surface area contributed by atoms with Crippen LogP contribution in [0, 0.1) is 11.8 Å². The molecular weight excluding hydrogens is 218 g/mol. The summed E-state index contributed by atoms with van der Waals surface area (Å²) >= 11 is 4.31. The highest BCUT2D eigenvalue weighted by atomic mass is 32.1. The van der Waals surface area contributed by atoms with E-state index >= 15 is 0 Å². The third-order valence-corrected chi connectivity index (χ3v) is 3.66. The Morgan fingerprint density at radius 2 is 2.12 bits per heavy atom. The molecule has 0 bridgehead atoms. The van der Waals surface area contributed by atoms with Gasteiger partial charge in [-0.25, -0.2) is 0 Å². The van der Waals surface area contributed by atoms with Crippen molar-refractivity contribution in [2.75, 3.05) is 13.6 Å². The van der Waals surface area contributed by atoms with Gasteiger partial charge in [0.25, 0.3) is 5.91 Å². The Labute approximate surface area is 102 Å². The molecule has 16 heavy (non-hydrogen) atoms. The first-order valence-corrected chi connectivity index (χ1v) is 6.07. The molecular formula is C13H17NOS. The fraction of sp³-hybridized carbons (Fsp3) is 0.462. The smallest absolute Gasteiger partial charge is 0.254 e. The third-order valence-electron chi connectivity index (χ3n) is 3.27. The van der Waals surface area contributed by atoms with Crippen molar-refractivity contribution >= 4 is 18.5 Å². The van der Waals surface area contributed by atoms with Gasteiger partial charge in [0, 0.05) is 18.5 Å². The lowest BCUT2D eigenvalue weighted by molar-refractivity contribution is 0.0783. The molecule has 2 unspecified atom stereocenters. The van der Waals surface area contributed by atoms with Crippen LogP contribution in [0.1, 0.15) is 23.7 Å². The summed E-state index contributed by atoms with van der Waals surface area (Å²) < 4.78 is 0. The number of benzene rings is 1. The lowest BCUT2D eigenvalue weighted by Gasteiger charge is -2.17. The number of thiol groups is 1. The second kappa shape index (κ2) is 4.50. The zero-order valence-corrected chi connectivity index (χ0v) is 10.6. The molecule has 1 aromatic carbocycles. The second-order valence-electron chi connectivity index (χ2n) is 4.68. The van der Waals surface area contributed by atoms with Crippen molar-refractivity contribution in [2.45, 2.75) is 18.2 Å². The summed E-state index contributed by atoms with van der Waals surface area (Å²) in [4.78, 5) is 14.7. The van der Waals surface area contributed by atoms with Crippen molar-refractivity contribution in [3.05, 3.63) is 29.8 Å². The van der Waals surface area contributed by atoms with Gasteiger partial charge >= 0.3 is 0 Å². The van der Waals surface area contributed by atoms with Crippen LogP contribution < -0.4 is 0 Å². The second-order valence-corrected chi connectivity index (χ2v) is 5.16. The molecule has 86 valence electrons. The van der Waals surface area contributed by atoms with Crippen LogP contribution in [0.25, 0.3) is 0 Å². The molecule has 2 rings (SSSR count). The number of hydrogen-bond acceptors (Lipinski definition) is 2. The van der Waals surface area contributed by atoms with E-state index in [0.29, 0.717) is 11.5 Å². The van der Waals surface area contributed by atoms with Crippen LogP contribution in [0.2, 0.25) is 0 Å². The van der Waals surface area contributed by atoms with E-state index in [1.807, 2.05) is 36.2 Å². The van der Waals surface area contributed by atoms with Crippen LogP contribution in [-0.4, -0.2) is 24.4 Å². The molecule has 0 radical (unpaired) electrons. The highest BCUT2D eigenvalue weighted by molar-refractivity contribution is 7.80.